The number of aromatic nitrogens is 4. The zero-order chi connectivity index (χ0) is 21.8. The van der Waals surface area contributed by atoms with Crippen molar-refractivity contribution >= 4 is 27.2 Å². The number of hydrogen-bond acceptors (Lipinski definition) is 8. The lowest BCUT2D eigenvalue weighted by atomic mass is 10.2. The van der Waals surface area contributed by atoms with Crippen LogP contribution in [0.3, 0.4) is 0 Å². The van der Waals surface area contributed by atoms with Gasteiger partial charge in [-0.15, -0.1) is 5.10 Å². The molecule has 4 heterocycles. The first-order valence-corrected chi connectivity index (χ1v) is 11.4. The summed E-state index contributed by atoms with van der Waals surface area (Å²) >= 11 is 1.47. The lowest BCUT2D eigenvalue weighted by molar-refractivity contribution is 0.0398. The molecule has 0 atom stereocenters. The number of ether oxygens (including phenoxy) is 1. The minimum atomic E-state index is -0.236. The van der Waals surface area contributed by atoms with E-state index in [4.69, 9.17) is 4.74 Å². The van der Waals surface area contributed by atoms with Gasteiger partial charge in [-0.2, -0.15) is 0 Å². The summed E-state index contributed by atoms with van der Waals surface area (Å²) < 4.78 is 20.2. The Balaban J connectivity index is 1.16. The zero-order valence-electron chi connectivity index (χ0n) is 17.5. The number of imidazole rings is 1. The SMILES string of the molecule is Fc1ccc(CNc2nn3cc(-c4ccc(NCCN5CCOCC5)nc4)nc3s2)cc1. The van der Waals surface area contributed by atoms with E-state index in [1.54, 1.807) is 16.6 Å². The first kappa shape index (κ1) is 20.8. The number of fused-ring (bicyclic) bond motifs is 1. The number of morpholine rings is 1. The Labute approximate surface area is 189 Å². The molecule has 0 amide bonds. The molecule has 4 aromatic rings. The molecule has 1 aliphatic rings. The van der Waals surface area contributed by atoms with Gasteiger partial charge in [-0.1, -0.05) is 23.5 Å². The first-order valence-electron chi connectivity index (χ1n) is 10.6. The quantitative estimate of drug-likeness (QED) is 0.424. The van der Waals surface area contributed by atoms with Crippen LogP contribution in [0.4, 0.5) is 15.3 Å². The molecule has 5 rings (SSSR count). The van der Waals surface area contributed by atoms with Gasteiger partial charge in [0.15, 0.2) is 0 Å². The van der Waals surface area contributed by atoms with Crippen molar-refractivity contribution in [2.75, 3.05) is 50.0 Å². The average Bonchev–Trinajstić information content (AvgIpc) is 3.39. The van der Waals surface area contributed by atoms with Crippen molar-refractivity contribution in [2.24, 2.45) is 0 Å². The Bertz CT molecular complexity index is 1120. The number of nitrogens with zero attached hydrogens (tertiary/aromatic N) is 5. The van der Waals surface area contributed by atoms with Gasteiger partial charge < -0.3 is 15.4 Å². The Morgan fingerprint density at radius 1 is 1.06 bits per heavy atom. The minimum absolute atomic E-state index is 0.236. The van der Waals surface area contributed by atoms with Crippen LogP contribution < -0.4 is 10.6 Å². The summed E-state index contributed by atoms with van der Waals surface area (Å²) in [5.41, 5.74) is 2.77. The van der Waals surface area contributed by atoms with Crippen LogP contribution in [0, 0.1) is 5.82 Å². The zero-order valence-corrected chi connectivity index (χ0v) is 18.3. The Hall–Kier alpha value is -3.08. The standard InChI is InChI=1S/C22H24FN7OS/c23-18-4-1-16(2-5-18)13-26-21-28-30-15-19(27-22(30)32-21)17-3-6-20(25-14-17)24-7-8-29-9-11-31-12-10-29/h1-6,14-15H,7-13H2,(H,24,25)(H,26,28). The number of halogens is 1. The van der Waals surface area contributed by atoms with E-state index in [1.165, 1.54) is 23.5 Å². The molecule has 0 saturated carbocycles. The van der Waals surface area contributed by atoms with Crippen molar-refractivity contribution in [3.63, 3.8) is 0 Å². The lowest BCUT2D eigenvalue weighted by Crippen LogP contribution is -2.39. The number of hydrogen-bond donors (Lipinski definition) is 2. The highest BCUT2D eigenvalue weighted by Gasteiger charge is 2.11. The van der Waals surface area contributed by atoms with Gasteiger partial charge in [0.2, 0.25) is 10.1 Å². The second-order valence-corrected chi connectivity index (χ2v) is 8.51. The molecule has 10 heteroatoms. The van der Waals surface area contributed by atoms with Gasteiger partial charge in [0.05, 0.1) is 25.1 Å². The molecule has 0 spiro atoms. The summed E-state index contributed by atoms with van der Waals surface area (Å²) in [6.45, 7) is 6.02. The maximum atomic E-state index is 13.0. The summed E-state index contributed by atoms with van der Waals surface area (Å²) in [5, 5.41) is 11.9. The first-order chi connectivity index (χ1) is 15.7. The van der Waals surface area contributed by atoms with Gasteiger partial charge in [-0.25, -0.2) is 18.9 Å². The van der Waals surface area contributed by atoms with E-state index in [0.717, 1.165) is 72.1 Å². The molecule has 1 aliphatic heterocycles. The Kier molecular flexibility index (Phi) is 6.24. The van der Waals surface area contributed by atoms with Crippen LogP contribution in [0.2, 0.25) is 0 Å². The van der Waals surface area contributed by atoms with Crippen LogP contribution in [-0.2, 0) is 11.3 Å². The largest absolute Gasteiger partial charge is 0.379 e. The number of rotatable bonds is 8. The molecule has 166 valence electrons. The molecule has 0 radical (unpaired) electrons. The Morgan fingerprint density at radius 3 is 2.66 bits per heavy atom. The second-order valence-electron chi connectivity index (χ2n) is 7.55. The molecule has 0 bridgehead atoms. The van der Waals surface area contributed by atoms with E-state index in [0.29, 0.717) is 6.54 Å². The molecule has 2 N–H and O–H groups in total. The molecule has 8 nitrogen and oxygen atoms in total. The van der Waals surface area contributed by atoms with Crippen molar-refractivity contribution in [1.29, 1.82) is 0 Å². The summed E-state index contributed by atoms with van der Waals surface area (Å²) in [4.78, 5) is 12.4. The van der Waals surface area contributed by atoms with Crippen molar-refractivity contribution in [1.82, 2.24) is 24.5 Å². The third kappa shape index (κ3) is 5.04. The summed E-state index contributed by atoms with van der Waals surface area (Å²) in [5.74, 6) is 0.619. The normalized spacial score (nSPS) is 14.7. The highest BCUT2D eigenvalue weighted by atomic mass is 32.1. The van der Waals surface area contributed by atoms with Gasteiger partial charge in [-0.05, 0) is 29.8 Å². The van der Waals surface area contributed by atoms with E-state index in [1.807, 2.05) is 24.5 Å². The fourth-order valence-corrected chi connectivity index (χ4v) is 4.28. The molecule has 1 saturated heterocycles. The predicted octanol–water partition coefficient (Wildman–Crippen LogP) is 3.35. The van der Waals surface area contributed by atoms with Gasteiger partial charge in [-0.3, -0.25) is 4.90 Å². The van der Waals surface area contributed by atoms with E-state index < -0.39 is 0 Å². The number of benzene rings is 1. The third-order valence-corrected chi connectivity index (χ3v) is 6.18. The topological polar surface area (TPSA) is 79.6 Å². The van der Waals surface area contributed by atoms with Crippen LogP contribution in [0.5, 0.6) is 0 Å². The van der Waals surface area contributed by atoms with Crippen LogP contribution in [0.15, 0.2) is 48.8 Å². The number of anilines is 2. The molecule has 32 heavy (non-hydrogen) atoms. The molecular weight excluding hydrogens is 429 g/mol. The van der Waals surface area contributed by atoms with E-state index in [9.17, 15) is 4.39 Å². The maximum absolute atomic E-state index is 13.0. The van der Waals surface area contributed by atoms with Crippen molar-refractivity contribution in [2.45, 2.75) is 6.54 Å². The second kappa shape index (κ2) is 9.60. The maximum Gasteiger partial charge on any atom is 0.214 e. The fraction of sp³-hybridized carbons (Fsp3) is 0.318. The monoisotopic (exact) mass is 453 g/mol. The van der Waals surface area contributed by atoms with Crippen molar-refractivity contribution < 1.29 is 9.13 Å². The van der Waals surface area contributed by atoms with Crippen LogP contribution in [0.1, 0.15) is 5.56 Å². The number of pyridine rings is 1. The molecular formula is C22H24FN7OS. The van der Waals surface area contributed by atoms with Crippen LogP contribution in [0.25, 0.3) is 16.2 Å². The van der Waals surface area contributed by atoms with Gasteiger partial charge in [0, 0.05) is 44.5 Å². The van der Waals surface area contributed by atoms with Gasteiger partial charge >= 0.3 is 0 Å². The summed E-state index contributed by atoms with van der Waals surface area (Å²) in [7, 11) is 0. The number of nitrogens with one attached hydrogen (secondary N) is 2. The smallest absolute Gasteiger partial charge is 0.214 e. The molecule has 0 unspecified atom stereocenters. The van der Waals surface area contributed by atoms with Crippen LogP contribution in [-0.4, -0.2) is 63.9 Å². The van der Waals surface area contributed by atoms with Crippen LogP contribution >= 0.6 is 11.3 Å². The summed E-state index contributed by atoms with van der Waals surface area (Å²) in [6, 6.07) is 10.4. The fourth-order valence-electron chi connectivity index (χ4n) is 3.51. The highest BCUT2D eigenvalue weighted by molar-refractivity contribution is 7.20. The minimum Gasteiger partial charge on any atom is -0.379 e. The lowest BCUT2D eigenvalue weighted by Gasteiger charge is -2.26. The molecule has 1 fully saturated rings. The van der Waals surface area contributed by atoms with Crippen molar-refractivity contribution in [3.05, 3.63) is 60.2 Å². The molecule has 0 aliphatic carbocycles. The Morgan fingerprint density at radius 2 is 1.91 bits per heavy atom. The highest BCUT2D eigenvalue weighted by Crippen LogP contribution is 2.25. The average molecular weight is 454 g/mol. The van der Waals surface area contributed by atoms with E-state index in [2.05, 4.69) is 30.6 Å². The third-order valence-electron chi connectivity index (χ3n) is 5.30. The van der Waals surface area contributed by atoms with Crippen molar-refractivity contribution in [3.8, 4) is 11.3 Å². The molecule has 3 aromatic heterocycles. The van der Waals surface area contributed by atoms with Gasteiger partial charge in [0.25, 0.3) is 0 Å². The van der Waals surface area contributed by atoms with E-state index in [-0.39, 0.29) is 5.82 Å². The van der Waals surface area contributed by atoms with Gasteiger partial charge in [0.1, 0.15) is 11.6 Å². The predicted molar refractivity (Wildman–Crippen MR) is 124 cm³/mol. The molecule has 1 aromatic carbocycles. The summed E-state index contributed by atoms with van der Waals surface area (Å²) in [6.07, 6.45) is 3.73. The van der Waals surface area contributed by atoms with E-state index >= 15 is 0 Å².